The fraction of sp³-hybridized carbons (Fsp3) is 0.680. The summed E-state index contributed by atoms with van der Waals surface area (Å²) in [6.07, 6.45) is 3.99. The van der Waals surface area contributed by atoms with Gasteiger partial charge < -0.3 is 19.4 Å². The summed E-state index contributed by atoms with van der Waals surface area (Å²) in [5.74, 6) is 0. The third-order valence-electron chi connectivity index (χ3n) is 7.75. The summed E-state index contributed by atoms with van der Waals surface area (Å²) in [4.78, 5) is 33.6. The number of hydrogen-bond donors (Lipinski definition) is 0. The van der Waals surface area contributed by atoms with E-state index in [0.717, 1.165) is 77.2 Å². The first kappa shape index (κ1) is 22.9. The minimum Gasteiger partial charge on any atom is -0.450 e. The van der Waals surface area contributed by atoms with E-state index >= 15 is 0 Å². The Bertz CT molecular complexity index is 809. The molecular formula is C25H38N4O3. The highest BCUT2D eigenvalue weighted by Gasteiger charge is 2.47. The molecular weight excluding hydrogens is 404 g/mol. The normalized spacial score (nSPS) is 21.0. The number of benzene rings is 1. The molecule has 0 aromatic heterocycles. The number of amides is 3. The van der Waals surface area contributed by atoms with Crippen molar-refractivity contribution >= 4 is 17.8 Å². The van der Waals surface area contributed by atoms with E-state index in [1.165, 1.54) is 5.56 Å². The van der Waals surface area contributed by atoms with Crippen molar-refractivity contribution in [3.05, 3.63) is 29.8 Å². The zero-order valence-electron chi connectivity index (χ0n) is 19.9. The Kier molecular flexibility index (Phi) is 6.93. The van der Waals surface area contributed by atoms with Gasteiger partial charge in [0, 0.05) is 49.9 Å². The number of ether oxygens (including phenoxy) is 1. The molecule has 176 valence electrons. The molecule has 0 saturated carbocycles. The monoisotopic (exact) mass is 442 g/mol. The lowest BCUT2D eigenvalue weighted by Gasteiger charge is -2.45. The molecule has 0 N–H and O–H groups in total. The lowest BCUT2D eigenvalue weighted by atomic mass is 9.74. The van der Waals surface area contributed by atoms with Gasteiger partial charge in [-0.2, -0.15) is 0 Å². The Labute approximate surface area is 192 Å². The summed E-state index contributed by atoms with van der Waals surface area (Å²) in [6.45, 7) is 12.3. The zero-order valence-corrected chi connectivity index (χ0v) is 19.9. The molecule has 0 unspecified atom stereocenters. The van der Waals surface area contributed by atoms with Gasteiger partial charge in [0.2, 0.25) is 0 Å². The van der Waals surface area contributed by atoms with E-state index in [-0.39, 0.29) is 17.5 Å². The average Bonchev–Trinajstić information content (AvgIpc) is 3.15. The van der Waals surface area contributed by atoms with Crippen LogP contribution in [0, 0.1) is 0 Å². The van der Waals surface area contributed by atoms with E-state index in [0.29, 0.717) is 12.6 Å². The van der Waals surface area contributed by atoms with Crippen LogP contribution in [0.3, 0.4) is 0 Å². The van der Waals surface area contributed by atoms with Crippen molar-refractivity contribution in [2.45, 2.75) is 57.9 Å². The molecule has 1 spiro atoms. The lowest BCUT2D eigenvalue weighted by molar-refractivity contribution is 0.0579. The van der Waals surface area contributed by atoms with Crippen LogP contribution in [0.25, 0.3) is 0 Å². The molecule has 2 saturated heterocycles. The van der Waals surface area contributed by atoms with Crippen molar-refractivity contribution in [1.29, 1.82) is 0 Å². The van der Waals surface area contributed by atoms with E-state index in [1.807, 2.05) is 41.5 Å². The molecule has 0 atom stereocenters. The molecule has 7 nitrogen and oxygen atoms in total. The summed E-state index contributed by atoms with van der Waals surface area (Å²) in [7, 11) is 0. The number of fused-ring (bicyclic) bond motifs is 2. The standard InChI is InChI=1S/C25H38N4O3/c1-4-26(5-2)23(30)29-19-25(21-9-7-8-10-22(21)29)13-17-27(18-14-25)20-11-15-28(16-12-20)24(31)32-6-3/h7-10,20H,4-6,11-19H2,1-3H3. The summed E-state index contributed by atoms with van der Waals surface area (Å²) >= 11 is 0. The molecule has 7 heteroatoms. The molecule has 2 fully saturated rings. The molecule has 1 aromatic carbocycles. The van der Waals surface area contributed by atoms with Crippen LogP contribution < -0.4 is 4.90 Å². The highest BCUT2D eigenvalue weighted by Crippen LogP contribution is 2.47. The largest absolute Gasteiger partial charge is 0.450 e. The molecule has 4 rings (SSSR count). The van der Waals surface area contributed by atoms with E-state index in [4.69, 9.17) is 4.74 Å². The van der Waals surface area contributed by atoms with Crippen LogP contribution in [0.4, 0.5) is 15.3 Å². The number of urea groups is 1. The van der Waals surface area contributed by atoms with Crippen molar-refractivity contribution in [1.82, 2.24) is 14.7 Å². The van der Waals surface area contributed by atoms with Gasteiger partial charge in [-0.1, -0.05) is 18.2 Å². The second kappa shape index (κ2) is 9.69. The maximum absolute atomic E-state index is 13.2. The first-order valence-corrected chi connectivity index (χ1v) is 12.3. The number of hydrogen-bond acceptors (Lipinski definition) is 4. The summed E-state index contributed by atoms with van der Waals surface area (Å²) in [5, 5.41) is 0. The highest BCUT2D eigenvalue weighted by atomic mass is 16.6. The van der Waals surface area contributed by atoms with Crippen molar-refractivity contribution in [2.75, 3.05) is 57.3 Å². The first-order valence-electron chi connectivity index (χ1n) is 12.3. The van der Waals surface area contributed by atoms with E-state index in [2.05, 4.69) is 23.1 Å². The van der Waals surface area contributed by atoms with Crippen LogP contribution in [0.15, 0.2) is 24.3 Å². The molecule has 3 aliphatic heterocycles. The van der Waals surface area contributed by atoms with Crippen LogP contribution >= 0.6 is 0 Å². The third kappa shape index (κ3) is 4.19. The molecule has 3 aliphatic rings. The topological polar surface area (TPSA) is 56.3 Å². The molecule has 1 aromatic rings. The van der Waals surface area contributed by atoms with Gasteiger partial charge in [0.15, 0.2) is 0 Å². The maximum atomic E-state index is 13.2. The quantitative estimate of drug-likeness (QED) is 0.709. The molecule has 0 radical (unpaired) electrons. The van der Waals surface area contributed by atoms with Gasteiger partial charge in [-0.3, -0.25) is 4.90 Å². The van der Waals surface area contributed by atoms with Gasteiger partial charge in [-0.15, -0.1) is 0 Å². The second-order valence-electron chi connectivity index (χ2n) is 9.29. The Morgan fingerprint density at radius 1 is 1.03 bits per heavy atom. The maximum Gasteiger partial charge on any atom is 0.409 e. The highest BCUT2D eigenvalue weighted by molar-refractivity contribution is 5.95. The van der Waals surface area contributed by atoms with E-state index in [9.17, 15) is 9.59 Å². The Hall–Kier alpha value is -2.28. The van der Waals surface area contributed by atoms with Crippen LogP contribution in [-0.2, 0) is 10.2 Å². The van der Waals surface area contributed by atoms with E-state index in [1.54, 1.807) is 0 Å². The SMILES string of the molecule is CCOC(=O)N1CCC(N2CCC3(CC2)CN(C(=O)N(CC)CC)c2ccccc23)CC1. The predicted octanol–water partition coefficient (Wildman–Crippen LogP) is 3.92. The Balaban J connectivity index is 1.41. The number of piperidine rings is 2. The minimum atomic E-state index is -0.177. The van der Waals surface area contributed by atoms with Crippen molar-refractivity contribution in [3.8, 4) is 0 Å². The van der Waals surface area contributed by atoms with Crippen LogP contribution in [0.5, 0.6) is 0 Å². The van der Waals surface area contributed by atoms with Crippen LogP contribution in [0.2, 0.25) is 0 Å². The van der Waals surface area contributed by atoms with Gasteiger partial charge in [0.05, 0.1) is 6.61 Å². The number of para-hydroxylation sites is 1. The summed E-state index contributed by atoms with van der Waals surface area (Å²) in [5.41, 5.74) is 2.50. The van der Waals surface area contributed by atoms with E-state index < -0.39 is 0 Å². The molecule has 3 heterocycles. The van der Waals surface area contributed by atoms with Gasteiger partial charge in [-0.25, -0.2) is 9.59 Å². The molecule has 32 heavy (non-hydrogen) atoms. The Morgan fingerprint density at radius 3 is 2.31 bits per heavy atom. The van der Waals surface area contributed by atoms with Gasteiger partial charge in [0.25, 0.3) is 0 Å². The lowest BCUT2D eigenvalue weighted by Crippen LogP contribution is -2.53. The molecule has 3 amide bonds. The number of carbonyl (C=O) groups excluding carboxylic acids is 2. The molecule has 0 bridgehead atoms. The second-order valence-corrected chi connectivity index (χ2v) is 9.29. The van der Waals surface area contributed by atoms with Gasteiger partial charge in [0.1, 0.15) is 0 Å². The summed E-state index contributed by atoms with van der Waals surface area (Å²) < 4.78 is 5.16. The van der Waals surface area contributed by atoms with Crippen molar-refractivity contribution < 1.29 is 14.3 Å². The minimum absolute atomic E-state index is 0.0571. The number of likely N-dealkylation sites (tertiary alicyclic amines) is 2. The van der Waals surface area contributed by atoms with Crippen LogP contribution in [0.1, 0.15) is 52.0 Å². The number of rotatable bonds is 4. The third-order valence-corrected chi connectivity index (χ3v) is 7.75. The number of carbonyl (C=O) groups is 2. The zero-order chi connectivity index (χ0) is 22.7. The first-order chi connectivity index (χ1) is 15.5. The average molecular weight is 443 g/mol. The fourth-order valence-electron chi connectivity index (χ4n) is 5.84. The van der Waals surface area contributed by atoms with Crippen molar-refractivity contribution in [2.24, 2.45) is 0 Å². The molecule has 0 aliphatic carbocycles. The number of nitrogens with zero attached hydrogens (tertiary/aromatic N) is 4. The van der Waals surface area contributed by atoms with Crippen LogP contribution in [-0.4, -0.2) is 85.3 Å². The summed E-state index contributed by atoms with van der Waals surface area (Å²) in [6, 6.07) is 9.17. The smallest absolute Gasteiger partial charge is 0.409 e. The Morgan fingerprint density at radius 2 is 1.69 bits per heavy atom. The predicted molar refractivity (Wildman–Crippen MR) is 126 cm³/mol. The van der Waals surface area contributed by atoms with Crippen molar-refractivity contribution in [3.63, 3.8) is 0 Å². The fourth-order valence-corrected chi connectivity index (χ4v) is 5.84. The van der Waals surface area contributed by atoms with Gasteiger partial charge in [-0.05, 0) is 71.2 Å². The number of anilines is 1. The van der Waals surface area contributed by atoms with Gasteiger partial charge >= 0.3 is 12.1 Å².